The second-order valence-electron chi connectivity index (χ2n) is 6.74. The molecule has 0 bridgehead atoms. The molecule has 0 saturated heterocycles. The maximum atomic E-state index is 12.2. The number of hydrogen-bond donors (Lipinski definition) is 1. The highest BCUT2D eigenvalue weighted by Gasteiger charge is 2.16. The van der Waals surface area contributed by atoms with Crippen LogP contribution in [0, 0.1) is 11.3 Å². The largest absolute Gasteiger partial charge is 0.492 e. The van der Waals surface area contributed by atoms with Crippen LogP contribution < -0.4 is 10.1 Å². The first-order valence-corrected chi connectivity index (χ1v) is 10.4. The molecule has 6 nitrogen and oxygen atoms in total. The van der Waals surface area contributed by atoms with Crippen molar-refractivity contribution in [3.63, 3.8) is 0 Å². The number of para-hydroxylation sites is 1. The lowest BCUT2D eigenvalue weighted by atomic mass is 10.1. The van der Waals surface area contributed by atoms with Crippen molar-refractivity contribution in [2.75, 3.05) is 13.2 Å². The zero-order valence-electron chi connectivity index (χ0n) is 17.4. The normalized spacial score (nSPS) is 11.1. The zero-order chi connectivity index (χ0) is 22.2. The van der Waals surface area contributed by atoms with Gasteiger partial charge in [-0.25, -0.2) is 4.68 Å². The van der Waals surface area contributed by atoms with Crippen LogP contribution in [0.4, 0.5) is 0 Å². The quantitative estimate of drug-likeness (QED) is 0.398. The summed E-state index contributed by atoms with van der Waals surface area (Å²) in [6.45, 7) is 4.84. The number of ether oxygens (including phenoxy) is 1. The van der Waals surface area contributed by atoms with Gasteiger partial charge in [0.1, 0.15) is 23.1 Å². The van der Waals surface area contributed by atoms with Gasteiger partial charge in [0, 0.05) is 23.9 Å². The molecular weight excluding hydrogens is 412 g/mol. The van der Waals surface area contributed by atoms with E-state index >= 15 is 0 Å². The van der Waals surface area contributed by atoms with E-state index < -0.39 is 5.91 Å². The maximum Gasteiger partial charge on any atom is 0.261 e. The highest BCUT2D eigenvalue weighted by Crippen LogP contribution is 2.32. The number of aromatic nitrogens is 2. The van der Waals surface area contributed by atoms with Gasteiger partial charge in [0.15, 0.2) is 0 Å². The number of amides is 1. The van der Waals surface area contributed by atoms with Crippen LogP contribution in [0.1, 0.15) is 25.8 Å². The fraction of sp³-hybridized carbons (Fsp3) is 0.208. The van der Waals surface area contributed by atoms with Crippen LogP contribution in [0.15, 0.2) is 60.3 Å². The molecule has 0 saturated carbocycles. The molecule has 3 rings (SSSR count). The number of nitrogens with zero attached hydrogens (tertiary/aromatic N) is 3. The highest BCUT2D eigenvalue weighted by atomic mass is 35.5. The van der Waals surface area contributed by atoms with Gasteiger partial charge in [-0.15, -0.1) is 0 Å². The molecule has 1 aromatic heterocycles. The molecule has 2 aromatic carbocycles. The first-order valence-electron chi connectivity index (χ1n) is 10.0. The van der Waals surface area contributed by atoms with Gasteiger partial charge in [0.25, 0.3) is 5.91 Å². The second kappa shape index (κ2) is 10.5. The Morgan fingerprint density at radius 3 is 2.68 bits per heavy atom. The van der Waals surface area contributed by atoms with Gasteiger partial charge in [-0.05, 0) is 49.8 Å². The molecule has 0 fully saturated rings. The topological polar surface area (TPSA) is 79.9 Å². The summed E-state index contributed by atoms with van der Waals surface area (Å²) in [7, 11) is 0. The predicted molar refractivity (Wildman–Crippen MR) is 122 cm³/mol. The fourth-order valence-electron chi connectivity index (χ4n) is 2.97. The molecule has 0 radical (unpaired) electrons. The smallest absolute Gasteiger partial charge is 0.261 e. The van der Waals surface area contributed by atoms with Crippen molar-refractivity contribution in [3.8, 4) is 28.8 Å². The third-order valence-electron chi connectivity index (χ3n) is 4.43. The Kier molecular flexibility index (Phi) is 7.47. The van der Waals surface area contributed by atoms with E-state index in [2.05, 4.69) is 5.32 Å². The molecule has 0 spiro atoms. The van der Waals surface area contributed by atoms with Crippen LogP contribution in [0.2, 0.25) is 5.02 Å². The van der Waals surface area contributed by atoms with Crippen LogP contribution in [-0.4, -0.2) is 28.8 Å². The molecule has 7 heteroatoms. The molecule has 31 heavy (non-hydrogen) atoms. The van der Waals surface area contributed by atoms with Gasteiger partial charge in [-0.1, -0.05) is 36.7 Å². The summed E-state index contributed by atoms with van der Waals surface area (Å²) in [5, 5.41) is 17.3. The number of nitrogens with one attached hydrogen (secondary N) is 1. The van der Waals surface area contributed by atoms with Crippen molar-refractivity contribution in [3.05, 3.63) is 70.9 Å². The van der Waals surface area contributed by atoms with E-state index in [-0.39, 0.29) is 5.57 Å². The van der Waals surface area contributed by atoms with Crippen LogP contribution in [0.3, 0.4) is 0 Å². The number of benzene rings is 2. The van der Waals surface area contributed by atoms with E-state index in [0.717, 1.165) is 17.7 Å². The molecule has 0 aliphatic heterocycles. The van der Waals surface area contributed by atoms with Gasteiger partial charge in [-0.3, -0.25) is 4.79 Å². The summed E-state index contributed by atoms with van der Waals surface area (Å²) in [6.07, 6.45) is 4.21. The molecule has 158 valence electrons. The number of nitriles is 1. The molecular formula is C24H23ClN4O2. The minimum atomic E-state index is -0.426. The number of carbonyl (C=O) groups is 1. The lowest BCUT2D eigenvalue weighted by Gasteiger charge is -2.08. The second-order valence-corrected chi connectivity index (χ2v) is 7.14. The van der Waals surface area contributed by atoms with E-state index in [1.54, 1.807) is 36.0 Å². The van der Waals surface area contributed by atoms with Crippen molar-refractivity contribution in [2.45, 2.75) is 20.3 Å². The molecule has 0 unspecified atom stereocenters. The molecule has 1 amide bonds. The fourth-order valence-corrected chi connectivity index (χ4v) is 3.20. The average Bonchev–Trinajstić information content (AvgIpc) is 3.21. The number of hydrogen-bond acceptors (Lipinski definition) is 4. The standard InChI is InChI=1S/C24H23ClN4O2/c1-3-12-31-22-11-10-17(14-21(22)25)23-19(13-18(15-26)24(30)27-4-2)16-29(28-23)20-8-6-5-7-9-20/h5-11,13-14,16H,3-4,12H2,1-2H3,(H,27,30). The van der Waals surface area contributed by atoms with Gasteiger partial charge >= 0.3 is 0 Å². The van der Waals surface area contributed by atoms with Gasteiger partial charge < -0.3 is 10.1 Å². The van der Waals surface area contributed by atoms with Crippen molar-refractivity contribution in [1.82, 2.24) is 15.1 Å². The third kappa shape index (κ3) is 5.33. The molecule has 1 heterocycles. The van der Waals surface area contributed by atoms with Crippen LogP contribution >= 0.6 is 11.6 Å². The SMILES string of the molecule is CCCOc1ccc(-c2nn(-c3ccccc3)cc2C=C(C#N)C(=O)NCC)cc1Cl. The van der Waals surface area contributed by atoms with Crippen molar-refractivity contribution < 1.29 is 9.53 Å². The van der Waals surface area contributed by atoms with Crippen molar-refractivity contribution in [1.29, 1.82) is 5.26 Å². The van der Waals surface area contributed by atoms with E-state index in [1.165, 1.54) is 0 Å². The lowest BCUT2D eigenvalue weighted by Crippen LogP contribution is -2.23. The molecule has 0 aliphatic carbocycles. The summed E-state index contributed by atoms with van der Waals surface area (Å²) in [5.41, 5.74) is 2.84. The summed E-state index contributed by atoms with van der Waals surface area (Å²) in [4.78, 5) is 12.2. The van der Waals surface area contributed by atoms with Gasteiger partial charge in [0.2, 0.25) is 0 Å². The van der Waals surface area contributed by atoms with Crippen molar-refractivity contribution in [2.24, 2.45) is 0 Å². The lowest BCUT2D eigenvalue weighted by molar-refractivity contribution is -0.116. The maximum absolute atomic E-state index is 12.2. The van der Waals surface area contributed by atoms with Gasteiger partial charge in [-0.2, -0.15) is 10.4 Å². The van der Waals surface area contributed by atoms with E-state index in [9.17, 15) is 10.1 Å². The monoisotopic (exact) mass is 434 g/mol. The Morgan fingerprint density at radius 1 is 1.26 bits per heavy atom. The van der Waals surface area contributed by atoms with Gasteiger partial charge in [0.05, 0.1) is 17.3 Å². The minimum absolute atomic E-state index is 0.00436. The molecule has 3 aromatic rings. The van der Waals surface area contributed by atoms with E-state index in [0.29, 0.717) is 35.2 Å². The average molecular weight is 435 g/mol. The van der Waals surface area contributed by atoms with Crippen LogP contribution in [0.5, 0.6) is 5.75 Å². The number of halogens is 1. The Morgan fingerprint density at radius 2 is 2.03 bits per heavy atom. The first kappa shape index (κ1) is 22.1. The van der Waals surface area contributed by atoms with Crippen LogP contribution in [0.25, 0.3) is 23.0 Å². The summed E-state index contributed by atoms with van der Waals surface area (Å²) < 4.78 is 7.37. The van der Waals surface area contributed by atoms with Crippen molar-refractivity contribution >= 4 is 23.6 Å². The third-order valence-corrected chi connectivity index (χ3v) is 4.73. The van der Waals surface area contributed by atoms with E-state index in [4.69, 9.17) is 21.4 Å². The number of carbonyl (C=O) groups excluding carboxylic acids is 1. The van der Waals surface area contributed by atoms with E-state index in [1.807, 2.05) is 49.4 Å². The Labute approximate surface area is 186 Å². The number of likely N-dealkylation sites (N-methyl/N-ethyl adjacent to an activating group) is 1. The highest BCUT2D eigenvalue weighted by molar-refractivity contribution is 6.32. The Balaban J connectivity index is 2.10. The Hall–Kier alpha value is -3.56. The predicted octanol–water partition coefficient (Wildman–Crippen LogP) is 5.02. The first-order chi connectivity index (χ1) is 15.1. The molecule has 0 atom stereocenters. The summed E-state index contributed by atoms with van der Waals surface area (Å²) in [6, 6.07) is 17.0. The summed E-state index contributed by atoms with van der Waals surface area (Å²) >= 11 is 6.42. The zero-order valence-corrected chi connectivity index (χ0v) is 18.2. The molecule has 1 N–H and O–H groups in total. The number of rotatable bonds is 8. The molecule has 0 aliphatic rings. The summed E-state index contributed by atoms with van der Waals surface area (Å²) in [5.74, 6) is 0.177. The van der Waals surface area contributed by atoms with Crippen LogP contribution in [-0.2, 0) is 4.79 Å². The minimum Gasteiger partial charge on any atom is -0.492 e. The Bertz CT molecular complexity index is 1130.